The molecule has 0 spiro atoms. The van der Waals surface area contributed by atoms with Gasteiger partial charge in [0.15, 0.2) is 0 Å². The van der Waals surface area contributed by atoms with E-state index in [1.54, 1.807) is 0 Å². The van der Waals surface area contributed by atoms with Gasteiger partial charge in [-0.2, -0.15) is 21.6 Å². The molecule has 1 aromatic rings. The van der Waals surface area contributed by atoms with Crippen LogP contribution in [0.5, 0.6) is 0 Å². The first-order valence-electron chi connectivity index (χ1n) is 3.94. The van der Waals surface area contributed by atoms with E-state index in [1.165, 1.54) is 10.1 Å². The van der Waals surface area contributed by atoms with Gasteiger partial charge in [-0.3, -0.25) is 4.72 Å². The average molecular weight is 289 g/mol. The minimum Gasteiger partial charge on any atom is -0.465 e. The van der Waals surface area contributed by atoms with E-state index in [-0.39, 0.29) is 4.88 Å². The molecule has 0 amide bonds. The topological polar surface area (TPSA) is 72.5 Å². The number of hydrogen-bond donors (Lipinski definition) is 1. The first kappa shape index (κ1) is 13.8. The Balaban J connectivity index is 3.06. The first-order valence-corrected chi connectivity index (χ1v) is 6.30. The summed E-state index contributed by atoms with van der Waals surface area (Å²) in [4.78, 5) is 10.9. The molecule has 10 heteroatoms. The number of thiophene rings is 1. The summed E-state index contributed by atoms with van der Waals surface area (Å²) in [6.45, 7) is 0. The number of esters is 1. The van der Waals surface area contributed by atoms with E-state index in [2.05, 4.69) is 4.74 Å². The monoisotopic (exact) mass is 289 g/mol. The highest BCUT2D eigenvalue weighted by atomic mass is 32.2. The van der Waals surface area contributed by atoms with E-state index in [0.717, 1.165) is 24.5 Å². The van der Waals surface area contributed by atoms with Crippen LogP contribution in [-0.2, 0) is 14.8 Å². The summed E-state index contributed by atoms with van der Waals surface area (Å²) in [6.07, 6.45) is 0. The van der Waals surface area contributed by atoms with Crippen molar-refractivity contribution in [2.24, 2.45) is 0 Å². The Morgan fingerprint density at radius 3 is 2.53 bits per heavy atom. The maximum absolute atomic E-state index is 12.1. The Hall–Kier alpha value is -1.29. The summed E-state index contributed by atoms with van der Waals surface area (Å²) >= 11 is 0.765. The summed E-state index contributed by atoms with van der Waals surface area (Å²) in [5.74, 6) is -0.917. The number of ether oxygens (including phenoxy) is 1. The Bertz CT molecular complexity index is 519. The van der Waals surface area contributed by atoms with Crippen LogP contribution in [0.2, 0.25) is 0 Å². The maximum atomic E-state index is 12.1. The summed E-state index contributed by atoms with van der Waals surface area (Å²) in [5, 5.41) is 1.26. The quantitative estimate of drug-likeness (QED) is 0.861. The van der Waals surface area contributed by atoms with E-state index >= 15 is 0 Å². The molecule has 5 nitrogen and oxygen atoms in total. The SMILES string of the molecule is COC(=O)c1sccc1NS(=O)(=O)C(F)(F)F. The van der Waals surface area contributed by atoms with E-state index in [0.29, 0.717) is 0 Å². The number of carbonyl (C=O) groups excluding carboxylic acids is 1. The van der Waals surface area contributed by atoms with Gasteiger partial charge in [0.1, 0.15) is 4.88 Å². The standard InChI is InChI=1S/C7H6F3NO4S2/c1-15-6(12)5-4(2-3-16-5)11-17(13,14)7(8,9)10/h2-3,11H,1H3. The van der Waals surface area contributed by atoms with E-state index < -0.39 is 27.2 Å². The highest BCUT2D eigenvalue weighted by Crippen LogP contribution is 2.29. The second kappa shape index (κ2) is 4.53. The number of methoxy groups -OCH3 is 1. The zero-order chi connectivity index (χ0) is 13.3. The van der Waals surface area contributed by atoms with Gasteiger partial charge in [-0.15, -0.1) is 11.3 Å². The summed E-state index contributed by atoms with van der Waals surface area (Å²) < 4.78 is 63.4. The molecular weight excluding hydrogens is 283 g/mol. The van der Waals surface area contributed by atoms with Crippen LogP contribution in [0.1, 0.15) is 9.67 Å². The molecule has 0 fully saturated rings. The highest BCUT2D eigenvalue weighted by molar-refractivity contribution is 7.93. The third kappa shape index (κ3) is 2.88. The van der Waals surface area contributed by atoms with Crippen molar-refractivity contribution >= 4 is 33.0 Å². The molecule has 17 heavy (non-hydrogen) atoms. The van der Waals surface area contributed by atoms with Crippen molar-refractivity contribution < 1.29 is 31.1 Å². The van der Waals surface area contributed by atoms with Crippen LogP contribution in [0.3, 0.4) is 0 Å². The van der Waals surface area contributed by atoms with E-state index in [4.69, 9.17) is 0 Å². The second-order valence-corrected chi connectivity index (χ2v) is 5.30. The lowest BCUT2D eigenvalue weighted by atomic mass is 10.4. The van der Waals surface area contributed by atoms with Crippen LogP contribution in [-0.4, -0.2) is 27.0 Å². The molecule has 0 aromatic carbocycles. The third-order valence-electron chi connectivity index (χ3n) is 1.59. The normalized spacial score (nSPS) is 12.2. The highest BCUT2D eigenvalue weighted by Gasteiger charge is 2.46. The predicted octanol–water partition coefficient (Wildman–Crippen LogP) is 1.80. The molecule has 1 N–H and O–H groups in total. The summed E-state index contributed by atoms with van der Waals surface area (Å²) in [7, 11) is -4.50. The minimum atomic E-state index is -5.54. The molecule has 1 rings (SSSR count). The van der Waals surface area contributed by atoms with Gasteiger partial charge in [0.05, 0.1) is 12.8 Å². The van der Waals surface area contributed by atoms with Crippen molar-refractivity contribution in [1.29, 1.82) is 0 Å². The van der Waals surface area contributed by atoms with E-state index in [9.17, 15) is 26.4 Å². The van der Waals surface area contributed by atoms with Crippen LogP contribution in [0.25, 0.3) is 0 Å². The van der Waals surface area contributed by atoms with Crippen molar-refractivity contribution in [3.63, 3.8) is 0 Å². The predicted molar refractivity (Wildman–Crippen MR) is 54.3 cm³/mol. The molecule has 0 atom stereocenters. The van der Waals surface area contributed by atoms with Crippen LogP contribution in [0.4, 0.5) is 18.9 Å². The number of carbonyl (C=O) groups is 1. The third-order valence-corrected chi connectivity index (χ3v) is 3.58. The van der Waals surface area contributed by atoms with Gasteiger partial charge in [0, 0.05) is 0 Å². The largest absolute Gasteiger partial charge is 0.516 e. The van der Waals surface area contributed by atoms with Gasteiger partial charge in [0.25, 0.3) is 0 Å². The number of sulfonamides is 1. The van der Waals surface area contributed by atoms with Crippen molar-refractivity contribution in [3.8, 4) is 0 Å². The van der Waals surface area contributed by atoms with Crippen molar-refractivity contribution in [1.82, 2.24) is 0 Å². The van der Waals surface area contributed by atoms with E-state index in [1.807, 2.05) is 0 Å². The molecule has 1 aromatic heterocycles. The lowest BCUT2D eigenvalue weighted by Gasteiger charge is -2.10. The van der Waals surface area contributed by atoms with Crippen LogP contribution in [0, 0.1) is 0 Å². The molecule has 0 aliphatic rings. The van der Waals surface area contributed by atoms with Crippen LogP contribution in [0.15, 0.2) is 11.4 Å². The molecule has 0 aliphatic heterocycles. The van der Waals surface area contributed by atoms with Gasteiger partial charge >= 0.3 is 21.5 Å². The Kier molecular flexibility index (Phi) is 3.67. The van der Waals surface area contributed by atoms with Gasteiger partial charge in [-0.25, -0.2) is 4.79 Å². The molecule has 0 unspecified atom stereocenters. The van der Waals surface area contributed by atoms with Crippen LogP contribution < -0.4 is 4.72 Å². The number of nitrogens with one attached hydrogen (secondary N) is 1. The molecule has 0 bridgehead atoms. The number of hydrogen-bond acceptors (Lipinski definition) is 5. The number of rotatable bonds is 3. The zero-order valence-electron chi connectivity index (χ0n) is 8.24. The van der Waals surface area contributed by atoms with Crippen LogP contribution >= 0.6 is 11.3 Å². The molecule has 0 aliphatic carbocycles. The summed E-state index contributed by atoms with van der Waals surface area (Å²) in [5.41, 5.74) is -5.90. The summed E-state index contributed by atoms with van der Waals surface area (Å²) in [6, 6.07) is 1.04. The molecular formula is C7H6F3NO4S2. The number of anilines is 1. The lowest BCUT2D eigenvalue weighted by Crippen LogP contribution is -2.30. The van der Waals surface area contributed by atoms with Gasteiger partial charge in [-0.05, 0) is 11.4 Å². The Labute approximate surface area is 98.2 Å². The Morgan fingerprint density at radius 2 is 2.06 bits per heavy atom. The fourth-order valence-corrected chi connectivity index (χ4v) is 2.25. The molecule has 0 saturated heterocycles. The van der Waals surface area contributed by atoms with Crippen molar-refractivity contribution in [3.05, 3.63) is 16.3 Å². The average Bonchev–Trinajstić information content (AvgIpc) is 2.62. The minimum absolute atomic E-state index is 0.250. The number of alkyl halides is 3. The first-order chi connectivity index (χ1) is 7.69. The molecule has 0 saturated carbocycles. The fraction of sp³-hybridized carbons (Fsp3) is 0.286. The lowest BCUT2D eigenvalue weighted by molar-refractivity contribution is -0.0429. The maximum Gasteiger partial charge on any atom is 0.516 e. The van der Waals surface area contributed by atoms with Gasteiger partial charge in [0.2, 0.25) is 0 Å². The number of halogens is 3. The smallest absolute Gasteiger partial charge is 0.465 e. The zero-order valence-corrected chi connectivity index (χ0v) is 9.87. The van der Waals surface area contributed by atoms with Crippen molar-refractivity contribution in [2.75, 3.05) is 11.8 Å². The molecule has 96 valence electrons. The fourth-order valence-electron chi connectivity index (χ4n) is 0.843. The van der Waals surface area contributed by atoms with Crippen molar-refractivity contribution in [2.45, 2.75) is 5.51 Å². The van der Waals surface area contributed by atoms with Gasteiger partial charge in [-0.1, -0.05) is 0 Å². The molecule has 1 heterocycles. The second-order valence-electron chi connectivity index (χ2n) is 2.71. The Morgan fingerprint density at radius 1 is 1.47 bits per heavy atom. The molecule has 0 radical (unpaired) electrons. The van der Waals surface area contributed by atoms with Gasteiger partial charge < -0.3 is 4.74 Å².